The van der Waals surface area contributed by atoms with E-state index in [-0.39, 0.29) is 25.1 Å². The van der Waals surface area contributed by atoms with Crippen molar-refractivity contribution >= 4 is 28.4 Å². The first-order valence-corrected chi connectivity index (χ1v) is 9.26. The number of amidine groups is 1. The van der Waals surface area contributed by atoms with Gasteiger partial charge < -0.3 is 15.5 Å². The molecule has 0 bridgehead atoms. The van der Waals surface area contributed by atoms with E-state index in [0.717, 1.165) is 0 Å². The Morgan fingerprint density at radius 1 is 1.14 bits per heavy atom. The molecule has 3 rings (SSSR count). The largest absolute Gasteiger partial charge is 0.471 e. The highest BCUT2D eigenvalue weighted by Gasteiger charge is 2.38. The summed E-state index contributed by atoms with van der Waals surface area (Å²) in [6.45, 7) is 0. The lowest BCUT2D eigenvalue weighted by molar-refractivity contribution is -0.159. The van der Waals surface area contributed by atoms with Gasteiger partial charge in [0.05, 0.1) is 2.74 Å². The van der Waals surface area contributed by atoms with Crippen molar-refractivity contribution < 1.29 is 25.6 Å². The molecule has 6 nitrogen and oxygen atoms in total. The van der Waals surface area contributed by atoms with E-state index in [1.165, 1.54) is 24.3 Å². The van der Waals surface area contributed by atoms with E-state index in [9.17, 15) is 13.2 Å². The average molecular weight is 512 g/mol. The van der Waals surface area contributed by atoms with Crippen molar-refractivity contribution in [2.45, 2.75) is 13.6 Å². The number of benzene rings is 2. The van der Waals surface area contributed by atoms with Crippen LogP contribution in [-0.4, -0.2) is 26.1 Å². The molecule has 0 amide bonds. The summed E-state index contributed by atoms with van der Waals surface area (Å²) < 4.78 is 54.9. The van der Waals surface area contributed by atoms with Crippen LogP contribution in [0.25, 0.3) is 11.4 Å². The zero-order valence-corrected chi connectivity index (χ0v) is 16.1. The SMILES string of the molecule is C.CI.[3H]c1ccc(-c2noc(C(F)(F)F)n2)cc1.[3H]c1ccc(/C(N)=N/O)cc1. The summed E-state index contributed by atoms with van der Waals surface area (Å²) in [6.07, 6.45) is -4.64. The standard InChI is InChI=1S/C9H5F3N2O.C7H8N2O.CH3I.CH4/c10-9(11,12)8-13-7(14-15-8)6-4-2-1-3-5-6;8-7(9-10)6-4-2-1-3-5-6;1-2;/h1-5H;1-5,10H,(H2,8,9);1H3;1H4/i2*1T;;. The van der Waals surface area contributed by atoms with Crippen molar-refractivity contribution in [2.24, 2.45) is 10.9 Å². The molecule has 0 aliphatic heterocycles. The third-order valence-electron chi connectivity index (χ3n) is 2.77. The zero-order chi connectivity index (χ0) is 22.0. The minimum atomic E-state index is -4.64. The molecule has 0 saturated heterocycles. The van der Waals surface area contributed by atoms with Crippen molar-refractivity contribution in [2.75, 3.05) is 4.93 Å². The van der Waals surface area contributed by atoms with Crippen LogP contribution < -0.4 is 5.73 Å². The van der Waals surface area contributed by atoms with Crippen molar-refractivity contribution in [3.8, 4) is 11.4 Å². The number of rotatable bonds is 2. The Labute approximate surface area is 177 Å². The molecule has 152 valence electrons. The Morgan fingerprint density at radius 3 is 2.07 bits per heavy atom. The van der Waals surface area contributed by atoms with Crippen LogP contribution in [0.2, 0.25) is 0 Å². The lowest BCUT2D eigenvalue weighted by Gasteiger charge is -1.96. The molecule has 0 unspecified atom stereocenters. The fourth-order valence-corrected chi connectivity index (χ4v) is 1.61. The van der Waals surface area contributed by atoms with Crippen LogP contribution in [0.15, 0.2) is 70.3 Å². The first-order valence-electron chi connectivity index (χ1n) is 8.11. The molecular weight excluding hydrogens is 488 g/mol. The predicted octanol–water partition coefficient (Wildman–Crippen LogP) is 5.22. The van der Waals surface area contributed by atoms with Crippen molar-refractivity contribution in [3.05, 3.63) is 72.1 Å². The monoisotopic (exact) mass is 512 g/mol. The highest BCUT2D eigenvalue weighted by molar-refractivity contribution is 14.1. The molecule has 3 N–H and O–H groups in total. The molecular formula is C18H20F3IN4O2. The molecule has 0 fully saturated rings. The molecule has 0 spiro atoms. The number of aromatic nitrogens is 2. The summed E-state index contributed by atoms with van der Waals surface area (Å²) in [5, 5.41) is 14.3. The minimum Gasteiger partial charge on any atom is -0.409 e. The molecule has 1 heterocycles. The molecule has 28 heavy (non-hydrogen) atoms. The molecule has 1 aromatic heterocycles. The van der Waals surface area contributed by atoms with Gasteiger partial charge in [-0.05, 0) is 4.93 Å². The molecule has 0 atom stereocenters. The van der Waals surface area contributed by atoms with Crippen LogP contribution in [-0.2, 0) is 6.18 Å². The number of alkyl halides is 4. The predicted molar refractivity (Wildman–Crippen MR) is 110 cm³/mol. The van der Waals surface area contributed by atoms with Gasteiger partial charge in [-0.3, -0.25) is 0 Å². The topological polar surface area (TPSA) is 97.5 Å². The van der Waals surface area contributed by atoms with Crippen molar-refractivity contribution in [3.63, 3.8) is 0 Å². The first kappa shape index (κ1) is 21.7. The van der Waals surface area contributed by atoms with E-state index < -0.39 is 12.1 Å². The third kappa shape index (κ3) is 7.94. The lowest BCUT2D eigenvalue weighted by atomic mass is 10.2. The number of nitrogens with zero attached hydrogens (tertiary/aromatic N) is 3. The van der Waals surface area contributed by atoms with E-state index >= 15 is 0 Å². The van der Waals surface area contributed by atoms with Crippen LogP contribution >= 0.6 is 22.6 Å². The van der Waals surface area contributed by atoms with Gasteiger partial charge in [-0.25, -0.2) is 0 Å². The number of halogens is 4. The maximum Gasteiger partial charge on any atom is 0.471 e. The highest BCUT2D eigenvalue weighted by atomic mass is 127. The highest BCUT2D eigenvalue weighted by Crippen LogP contribution is 2.29. The summed E-state index contributed by atoms with van der Waals surface area (Å²) >= 11 is 2.15. The lowest BCUT2D eigenvalue weighted by Crippen LogP contribution is -2.12. The van der Waals surface area contributed by atoms with Crippen LogP contribution in [0.4, 0.5) is 13.2 Å². The van der Waals surface area contributed by atoms with Crippen molar-refractivity contribution in [1.82, 2.24) is 10.1 Å². The summed E-state index contributed by atoms with van der Waals surface area (Å²) in [5.41, 5.74) is 6.27. The van der Waals surface area contributed by atoms with Gasteiger partial charge in [-0.15, -0.1) is 0 Å². The molecule has 0 aliphatic carbocycles. The average Bonchev–Trinajstić information content (AvgIpc) is 3.21. The summed E-state index contributed by atoms with van der Waals surface area (Å²) in [6, 6.07) is 12.8. The second-order valence-corrected chi connectivity index (χ2v) is 4.48. The fourth-order valence-electron chi connectivity index (χ4n) is 1.61. The second-order valence-electron chi connectivity index (χ2n) is 4.48. The maximum atomic E-state index is 12.2. The Kier molecular flexibility index (Phi) is 9.83. The quantitative estimate of drug-likeness (QED) is 0.123. The Hall–Kier alpha value is -2.63. The van der Waals surface area contributed by atoms with Gasteiger partial charge in [0.15, 0.2) is 5.84 Å². The summed E-state index contributed by atoms with van der Waals surface area (Å²) in [5.74, 6) is -1.46. The number of nitrogens with two attached hydrogens (primary N) is 1. The molecule has 10 heteroatoms. The fraction of sp³-hybridized carbons (Fsp3) is 0.167. The molecule has 2 aromatic carbocycles. The number of oxime groups is 1. The second kappa shape index (κ2) is 12.7. The normalized spacial score (nSPS) is 11.5. The van der Waals surface area contributed by atoms with E-state index in [4.69, 9.17) is 13.7 Å². The first-order chi connectivity index (χ1) is 13.7. The maximum absolute atomic E-state index is 12.2. The van der Waals surface area contributed by atoms with Crippen molar-refractivity contribution in [1.29, 1.82) is 0 Å². The van der Waals surface area contributed by atoms with Crippen LogP contribution in [0, 0.1) is 0 Å². The number of hydrogen-bond donors (Lipinski definition) is 2. The molecule has 3 aromatic rings. The van der Waals surface area contributed by atoms with E-state index in [1.54, 1.807) is 24.3 Å². The Balaban J connectivity index is 0.000000530. The van der Waals surface area contributed by atoms with Gasteiger partial charge in [0.2, 0.25) is 5.82 Å². The summed E-state index contributed by atoms with van der Waals surface area (Å²) in [7, 11) is 0. The Bertz CT molecular complexity index is 918. The smallest absolute Gasteiger partial charge is 0.409 e. The Morgan fingerprint density at radius 2 is 1.64 bits per heavy atom. The number of hydrogen-bond acceptors (Lipinski definition) is 5. The summed E-state index contributed by atoms with van der Waals surface area (Å²) in [4.78, 5) is 5.19. The van der Waals surface area contributed by atoms with Gasteiger partial charge in [-0.2, -0.15) is 18.2 Å². The molecule has 0 radical (unpaired) electrons. The van der Waals surface area contributed by atoms with Gasteiger partial charge in [0.1, 0.15) is 0 Å². The van der Waals surface area contributed by atoms with Crippen LogP contribution in [0.5, 0.6) is 0 Å². The molecule has 0 saturated carbocycles. The molecule has 0 aliphatic rings. The van der Waals surface area contributed by atoms with E-state index in [0.29, 0.717) is 17.2 Å². The van der Waals surface area contributed by atoms with Gasteiger partial charge in [0.25, 0.3) is 0 Å². The van der Waals surface area contributed by atoms with Gasteiger partial charge in [-0.1, -0.05) is 101 Å². The van der Waals surface area contributed by atoms with E-state index in [2.05, 4.69) is 42.4 Å². The third-order valence-corrected chi connectivity index (χ3v) is 2.77. The van der Waals surface area contributed by atoms with E-state index in [1.807, 2.05) is 4.93 Å². The van der Waals surface area contributed by atoms with Gasteiger partial charge >= 0.3 is 12.1 Å². The van der Waals surface area contributed by atoms with Crippen LogP contribution in [0.3, 0.4) is 0 Å². The van der Waals surface area contributed by atoms with Crippen LogP contribution in [0.1, 0.15) is 21.6 Å². The van der Waals surface area contributed by atoms with Gasteiger partial charge in [0, 0.05) is 11.1 Å². The zero-order valence-electron chi connectivity index (χ0n) is 15.9. The minimum absolute atomic E-state index is 0.